The van der Waals surface area contributed by atoms with E-state index in [0.717, 1.165) is 25.1 Å². The molecule has 0 radical (unpaired) electrons. The van der Waals surface area contributed by atoms with Crippen molar-refractivity contribution in [1.29, 1.82) is 0 Å². The number of nitrogens with two attached hydrogens (primary N) is 1. The summed E-state index contributed by atoms with van der Waals surface area (Å²) in [5.74, 6) is 0.449. The molecule has 1 fully saturated rings. The third-order valence-electron chi connectivity index (χ3n) is 3.50. The standard InChI is InChI=1S/C14H21N3O2/c1-17(2)14(19)10-3-4-12(15)13(7-10)16-8-9-5-11(18)6-9/h3-4,7,9,11,16,18H,5-6,8,15H2,1-2H3. The zero-order valence-corrected chi connectivity index (χ0v) is 11.4. The summed E-state index contributed by atoms with van der Waals surface area (Å²) < 4.78 is 0. The van der Waals surface area contributed by atoms with Gasteiger partial charge in [0, 0.05) is 26.2 Å². The first kappa shape index (κ1) is 13.7. The number of rotatable bonds is 4. The van der Waals surface area contributed by atoms with Crippen molar-refractivity contribution in [3.63, 3.8) is 0 Å². The second-order valence-electron chi connectivity index (χ2n) is 5.37. The number of benzene rings is 1. The smallest absolute Gasteiger partial charge is 0.253 e. The monoisotopic (exact) mass is 263 g/mol. The molecule has 1 aliphatic rings. The van der Waals surface area contributed by atoms with Gasteiger partial charge >= 0.3 is 0 Å². The van der Waals surface area contributed by atoms with E-state index in [9.17, 15) is 9.90 Å². The first-order chi connectivity index (χ1) is 8.97. The van der Waals surface area contributed by atoms with E-state index in [1.54, 1.807) is 32.3 Å². The molecule has 1 aromatic rings. The van der Waals surface area contributed by atoms with E-state index in [4.69, 9.17) is 5.73 Å². The molecule has 0 aliphatic heterocycles. The van der Waals surface area contributed by atoms with Gasteiger partial charge in [-0.15, -0.1) is 0 Å². The number of nitrogen functional groups attached to an aromatic ring is 1. The molecule has 1 aromatic carbocycles. The number of carbonyl (C=O) groups is 1. The van der Waals surface area contributed by atoms with Crippen LogP contribution in [0.1, 0.15) is 23.2 Å². The van der Waals surface area contributed by atoms with E-state index in [2.05, 4.69) is 5.32 Å². The Kier molecular flexibility index (Phi) is 3.95. The van der Waals surface area contributed by atoms with Gasteiger partial charge in [0.15, 0.2) is 0 Å². The molecule has 0 spiro atoms. The van der Waals surface area contributed by atoms with Crippen molar-refractivity contribution in [2.45, 2.75) is 18.9 Å². The minimum atomic E-state index is -0.147. The van der Waals surface area contributed by atoms with Crippen LogP contribution in [-0.4, -0.2) is 42.7 Å². The number of anilines is 2. The average molecular weight is 263 g/mol. The zero-order valence-electron chi connectivity index (χ0n) is 11.4. The molecule has 0 aromatic heterocycles. The molecular weight excluding hydrogens is 242 g/mol. The lowest BCUT2D eigenvalue weighted by atomic mass is 9.82. The largest absolute Gasteiger partial charge is 0.397 e. The Morgan fingerprint density at radius 1 is 1.47 bits per heavy atom. The maximum absolute atomic E-state index is 11.9. The number of nitrogens with one attached hydrogen (secondary N) is 1. The zero-order chi connectivity index (χ0) is 14.0. The summed E-state index contributed by atoms with van der Waals surface area (Å²) in [5, 5.41) is 12.5. The maximum atomic E-state index is 11.9. The summed E-state index contributed by atoms with van der Waals surface area (Å²) in [4.78, 5) is 13.4. The summed E-state index contributed by atoms with van der Waals surface area (Å²) in [6.07, 6.45) is 1.53. The molecule has 1 aliphatic carbocycles. The summed E-state index contributed by atoms with van der Waals surface area (Å²) >= 11 is 0. The van der Waals surface area contributed by atoms with Crippen molar-refractivity contribution in [3.05, 3.63) is 23.8 Å². The van der Waals surface area contributed by atoms with E-state index in [-0.39, 0.29) is 12.0 Å². The Morgan fingerprint density at radius 2 is 2.16 bits per heavy atom. The molecule has 4 N–H and O–H groups in total. The summed E-state index contributed by atoms with van der Waals surface area (Å²) in [7, 11) is 3.45. The quantitative estimate of drug-likeness (QED) is 0.712. The summed E-state index contributed by atoms with van der Waals surface area (Å²) in [5.41, 5.74) is 7.94. The molecule has 0 unspecified atom stereocenters. The van der Waals surface area contributed by atoms with Gasteiger partial charge in [0.2, 0.25) is 0 Å². The molecule has 1 amide bonds. The predicted octanol–water partition coefficient (Wildman–Crippen LogP) is 1.15. The van der Waals surface area contributed by atoms with Crippen LogP contribution in [-0.2, 0) is 0 Å². The van der Waals surface area contributed by atoms with Crippen LogP contribution >= 0.6 is 0 Å². The van der Waals surface area contributed by atoms with Crippen molar-refractivity contribution in [2.24, 2.45) is 5.92 Å². The van der Waals surface area contributed by atoms with Crippen molar-refractivity contribution < 1.29 is 9.90 Å². The Labute approximate surface area is 113 Å². The Balaban J connectivity index is 2.02. The number of hydrogen-bond donors (Lipinski definition) is 3. The van der Waals surface area contributed by atoms with Crippen LogP contribution in [0.5, 0.6) is 0 Å². The van der Waals surface area contributed by atoms with Gasteiger partial charge in [-0.2, -0.15) is 0 Å². The highest BCUT2D eigenvalue weighted by Crippen LogP contribution is 2.28. The molecule has 104 valence electrons. The molecule has 19 heavy (non-hydrogen) atoms. The van der Waals surface area contributed by atoms with Gasteiger partial charge in [-0.1, -0.05) is 0 Å². The molecule has 5 heteroatoms. The first-order valence-corrected chi connectivity index (χ1v) is 6.50. The highest BCUT2D eigenvalue weighted by Gasteiger charge is 2.26. The molecule has 2 rings (SSSR count). The number of aliphatic hydroxyl groups excluding tert-OH is 1. The van der Waals surface area contributed by atoms with Crippen molar-refractivity contribution in [2.75, 3.05) is 31.7 Å². The fourth-order valence-electron chi connectivity index (χ4n) is 2.22. The van der Waals surface area contributed by atoms with Crippen LogP contribution in [0, 0.1) is 5.92 Å². The van der Waals surface area contributed by atoms with E-state index < -0.39 is 0 Å². The van der Waals surface area contributed by atoms with Gasteiger partial charge in [-0.25, -0.2) is 0 Å². The highest BCUT2D eigenvalue weighted by molar-refractivity contribution is 5.95. The lowest BCUT2D eigenvalue weighted by Gasteiger charge is -2.31. The van der Waals surface area contributed by atoms with Crippen molar-refractivity contribution in [3.8, 4) is 0 Å². The van der Waals surface area contributed by atoms with Crippen LogP contribution in [0.25, 0.3) is 0 Å². The van der Waals surface area contributed by atoms with Gasteiger partial charge in [-0.3, -0.25) is 4.79 Å². The number of amides is 1. The molecule has 0 atom stereocenters. The topological polar surface area (TPSA) is 78.6 Å². The van der Waals surface area contributed by atoms with E-state index in [1.807, 2.05) is 0 Å². The van der Waals surface area contributed by atoms with Gasteiger partial charge in [-0.05, 0) is 37.0 Å². The van der Waals surface area contributed by atoms with Crippen LogP contribution in [0.2, 0.25) is 0 Å². The Hall–Kier alpha value is -1.75. The van der Waals surface area contributed by atoms with Crippen molar-refractivity contribution >= 4 is 17.3 Å². The Morgan fingerprint density at radius 3 is 2.74 bits per heavy atom. The van der Waals surface area contributed by atoms with Gasteiger partial charge < -0.3 is 21.1 Å². The van der Waals surface area contributed by atoms with Crippen LogP contribution < -0.4 is 11.1 Å². The minimum absolute atomic E-state index is 0.0397. The number of carbonyl (C=O) groups excluding carboxylic acids is 1. The maximum Gasteiger partial charge on any atom is 0.253 e. The fraction of sp³-hybridized carbons (Fsp3) is 0.500. The average Bonchev–Trinajstić information content (AvgIpc) is 2.34. The van der Waals surface area contributed by atoms with E-state index in [0.29, 0.717) is 17.2 Å². The number of nitrogens with zero attached hydrogens (tertiary/aromatic N) is 1. The van der Waals surface area contributed by atoms with Crippen LogP contribution in [0.15, 0.2) is 18.2 Å². The van der Waals surface area contributed by atoms with Gasteiger partial charge in [0.1, 0.15) is 0 Å². The van der Waals surface area contributed by atoms with Gasteiger partial charge in [0.05, 0.1) is 17.5 Å². The second kappa shape index (κ2) is 5.48. The molecule has 0 saturated heterocycles. The minimum Gasteiger partial charge on any atom is -0.397 e. The SMILES string of the molecule is CN(C)C(=O)c1ccc(N)c(NCC2CC(O)C2)c1. The fourth-order valence-corrected chi connectivity index (χ4v) is 2.22. The van der Waals surface area contributed by atoms with E-state index >= 15 is 0 Å². The summed E-state index contributed by atoms with van der Waals surface area (Å²) in [6, 6.07) is 5.26. The Bertz CT molecular complexity index is 468. The van der Waals surface area contributed by atoms with Gasteiger partial charge in [0.25, 0.3) is 5.91 Å². The second-order valence-corrected chi connectivity index (χ2v) is 5.37. The molecular formula is C14H21N3O2. The molecule has 5 nitrogen and oxygen atoms in total. The normalized spacial score (nSPS) is 21.6. The lowest BCUT2D eigenvalue weighted by Crippen LogP contribution is -2.33. The van der Waals surface area contributed by atoms with E-state index in [1.165, 1.54) is 4.90 Å². The van der Waals surface area contributed by atoms with Crippen molar-refractivity contribution in [1.82, 2.24) is 4.90 Å². The highest BCUT2D eigenvalue weighted by atomic mass is 16.3. The first-order valence-electron chi connectivity index (χ1n) is 6.50. The number of hydrogen-bond acceptors (Lipinski definition) is 4. The lowest BCUT2D eigenvalue weighted by molar-refractivity contribution is 0.0487. The molecule has 1 saturated carbocycles. The third kappa shape index (κ3) is 3.17. The number of aliphatic hydroxyl groups is 1. The summed E-state index contributed by atoms with van der Waals surface area (Å²) in [6.45, 7) is 0.779. The van der Waals surface area contributed by atoms with Crippen LogP contribution in [0.3, 0.4) is 0 Å². The van der Waals surface area contributed by atoms with Crippen LogP contribution in [0.4, 0.5) is 11.4 Å². The molecule has 0 heterocycles. The predicted molar refractivity (Wildman–Crippen MR) is 76.1 cm³/mol. The molecule has 0 bridgehead atoms. The third-order valence-corrected chi connectivity index (χ3v) is 3.50.